The maximum atomic E-state index is 14.0. The fraction of sp³-hybridized carbons (Fsp3) is 0.125. The van der Waals surface area contributed by atoms with Gasteiger partial charge in [-0.1, -0.05) is 55.5 Å². The zero-order chi connectivity index (χ0) is 23.4. The van der Waals surface area contributed by atoms with Gasteiger partial charge in [0.05, 0.1) is 11.1 Å². The minimum absolute atomic E-state index is 0.0230. The number of hydrogen-bond acceptors (Lipinski definition) is 4. The summed E-state index contributed by atoms with van der Waals surface area (Å²) in [5.41, 5.74) is 8.01. The van der Waals surface area contributed by atoms with Gasteiger partial charge >= 0.3 is 6.03 Å². The lowest BCUT2D eigenvalue weighted by atomic mass is 9.87. The number of phenolic OH excluding ortho intramolecular Hbond substituents is 1. The Morgan fingerprint density at radius 3 is 2.34 bits per heavy atom. The highest BCUT2D eigenvalue weighted by molar-refractivity contribution is 7.80. The number of amides is 3. The van der Waals surface area contributed by atoms with Gasteiger partial charge in [0.25, 0.3) is 5.91 Å². The molecule has 1 atom stereocenters. The fourth-order valence-corrected chi connectivity index (χ4v) is 3.80. The van der Waals surface area contributed by atoms with Crippen molar-refractivity contribution in [3.8, 4) is 5.75 Å². The molecular weight excluding hydrogens is 429 g/mol. The van der Waals surface area contributed by atoms with Crippen LogP contribution in [-0.2, 0) is 0 Å². The van der Waals surface area contributed by atoms with Gasteiger partial charge in [0.15, 0.2) is 0 Å². The summed E-state index contributed by atoms with van der Waals surface area (Å²) in [5.74, 6) is -1.46. The van der Waals surface area contributed by atoms with Gasteiger partial charge in [-0.05, 0) is 47.9 Å². The third-order valence-electron chi connectivity index (χ3n) is 5.21. The molecule has 3 amide bonds. The monoisotopic (exact) mass is 451 g/mol. The summed E-state index contributed by atoms with van der Waals surface area (Å²) in [5, 5.41) is 15.7. The predicted molar refractivity (Wildman–Crippen MR) is 126 cm³/mol. The van der Waals surface area contributed by atoms with E-state index in [-0.39, 0.29) is 27.8 Å². The Morgan fingerprint density at radius 2 is 1.66 bits per heavy atom. The number of anilines is 1. The number of nitrogens with two attached hydrogens (primary N) is 1. The van der Waals surface area contributed by atoms with Crippen molar-refractivity contribution >= 4 is 34.8 Å². The molecule has 0 aliphatic heterocycles. The number of carbonyl (C=O) groups excluding carboxylic acids is 2. The molecule has 0 heterocycles. The van der Waals surface area contributed by atoms with Crippen LogP contribution >= 0.6 is 12.2 Å². The molecule has 3 aromatic rings. The van der Waals surface area contributed by atoms with Crippen LogP contribution in [-0.4, -0.2) is 22.0 Å². The van der Waals surface area contributed by atoms with E-state index >= 15 is 0 Å². The molecule has 0 aliphatic rings. The summed E-state index contributed by atoms with van der Waals surface area (Å²) < 4.78 is 14.0. The molecule has 0 aliphatic carbocycles. The van der Waals surface area contributed by atoms with Crippen LogP contribution in [0.4, 0.5) is 14.9 Å². The molecule has 1 unspecified atom stereocenters. The highest BCUT2D eigenvalue weighted by Gasteiger charge is 2.21. The summed E-state index contributed by atoms with van der Waals surface area (Å²) >= 11 is 5.12. The first kappa shape index (κ1) is 22.9. The Morgan fingerprint density at radius 1 is 1.00 bits per heavy atom. The number of para-hydroxylation sites is 1. The van der Waals surface area contributed by atoms with Gasteiger partial charge in [-0.3, -0.25) is 10.1 Å². The van der Waals surface area contributed by atoms with Gasteiger partial charge in [-0.15, -0.1) is 0 Å². The van der Waals surface area contributed by atoms with Gasteiger partial charge in [-0.2, -0.15) is 0 Å². The quantitative estimate of drug-likeness (QED) is 0.426. The lowest BCUT2D eigenvalue weighted by molar-refractivity contribution is 0.102. The first-order valence-electron chi connectivity index (χ1n) is 9.78. The number of hydrogen-bond donors (Lipinski definition) is 4. The van der Waals surface area contributed by atoms with E-state index in [1.807, 2.05) is 19.1 Å². The Hall–Kier alpha value is -3.78. The molecule has 5 N–H and O–H groups in total. The summed E-state index contributed by atoms with van der Waals surface area (Å²) in [6.07, 6.45) is 0. The molecule has 0 spiro atoms. The van der Waals surface area contributed by atoms with Crippen LogP contribution in [0.2, 0.25) is 0 Å². The number of rotatable bonds is 5. The zero-order valence-corrected chi connectivity index (χ0v) is 18.3. The van der Waals surface area contributed by atoms with E-state index in [0.29, 0.717) is 11.3 Å². The first-order chi connectivity index (χ1) is 15.2. The number of carbonyl (C=O) groups is 2. The van der Waals surface area contributed by atoms with Crippen molar-refractivity contribution in [2.24, 2.45) is 5.73 Å². The number of phenols is 1. The molecule has 0 radical (unpaired) electrons. The summed E-state index contributed by atoms with van der Waals surface area (Å²) in [7, 11) is 0. The maximum Gasteiger partial charge on any atom is 0.317 e. The normalized spacial score (nSPS) is 11.5. The van der Waals surface area contributed by atoms with E-state index < -0.39 is 17.8 Å². The summed E-state index contributed by atoms with van der Waals surface area (Å²) in [6, 6.07) is 15.5. The van der Waals surface area contributed by atoms with E-state index in [1.54, 1.807) is 37.3 Å². The van der Waals surface area contributed by atoms with Crippen molar-refractivity contribution in [3.05, 3.63) is 94.3 Å². The first-order valence-corrected chi connectivity index (χ1v) is 10.2. The van der Waals surface area contributed by atoms with Crippen molar-refractivity contribution in [2.45, 2.75) is 19.8 Å². The lowest BCUT2D eigenvalue weighted by Crippen LogP contribution is -2.34. The number of thiocarbonyl (C=S) groups is 1. The third-order valence-corrected chi connectivity index (χ3v) is 5.54. The molecule has 0 fully saturated rings. The van der Waals surface area contributed by atoms with Gasteiger partial charge in [0.1, 0.15) is 16.6 Å². The molecule has 32 heavy (non-hydrogen) atoms. The number of aromatic hydroxyl groups is 1. The molecule has 0 saturated heterocycles. The van der Waals surface area contributed by atoms with E-state index in [9.17, 15) is 19.1 Å². The summed E-state index contributed by atoms with van der Waals surface area (Å²) in [6.45, 7) is 3.66. The van der Waals surface area contributed by atoms with Gasteiger partial charge in [-0.25, -0.2) is 9.18 Å². The Kier molecular flexibility index (Phi) is 6.85. The van der Waals surface area contributed by atoms with Crippen molar-refractivity contribution in [3.63, 3.8) is 0 Å². The van der Waals surface area contributed by atoms with Crippen LogP contribution in [0.1, 0.15) is 45.5 Å². The van der Waals surface area contributed by atoms with Gasteiger partial charge < -0.3 is 16.2 Å². The number of nitrogens with one attached hydrogen (secondary N) is 2. The number of halogens is 1. The second-order valence-corrected chi connectivity index (χ2v) is 7.65. The lowest BCUT2D eigenvalue weighted by Gasteiger charge is -2.21. The minimum atomic E-state index is -0.816. The second-order valence-electron chi connectivity index (χ2n) is 7.24. The van der Waals surface area contributed by atoms with Crippen molar-refractivity contribution in [1.29, 1.82) is 0 Å². The van der Waals surface area contributed by atoms with Gasteiger partial charge in [0, 0.05) is 11.6 Å². The van der Waals surface area contributed by atoms with Crippen molar-refractivity contribution in [1.82, 2.24) is 5.32 Å². The molecule has 3 aromatic carbocycles. The third kappa shape index (κ3) is 4.76. The number of urea groups is 1. The smallest absolute Gasteiger partial charge is 0.317 e. The molecule has 0 bridgehead atoms. The second kappa shape index (κ2) is 9.57. The highest BCUT2D eigenvalue weighted by atomic mass is 32.1. The average Bonchev–Trinajstić information content (AvgIpc) is 2.75. The molecule has 0 saturated carbocycles. The molecule has 0 aromatic heterocycles. The number of benzene rings is 3. The molecule has 164 valence electrons. The molecular formula is C24H22FN3O3S. The van der Waals surface area contributed by atoms with Crippen LogP contribution in [0, 0.1) is 12.7 Å². The largest absolute Gasteiger partial charge is 0.507 e. The Bertz CT molecular complexity index is 1210. The minimum Gasteiger partial charge on any atom is -0.507 e. The van der Waals surface area contributed by atoms with Gasteiger partial charge in [0.2, 0.25) is 0 Å². The zero-order valence-electron chi connectivity index (χ0n) is 17.5. The molecule has 6 nitrogen and oxygen atoms in total. The van der Waals surface area contributed by atoms with Crippen molar-refractivity contribution < 1.29 is 19.1 Å². The summed E-state index contributed by atoms with van der Waals surface area (Å²) in [4.78, 5) is 23.7. The van der Waals surface area contributed by atoms with Crippen LogP contribution in [0.5, 0.6) is 5.75 Å². The topological polar surface area (TPSA) is 104 Å². The van der Waals surface area contributed by atoms with E-state index in [1.165, 1.54) is 18.2 Å². The van der Waals surface area contributed by atoms with Crippen LogP contribution in [0.15, 0.2) is 60.7 Å². The predicted octanol–water partition coefficient (Wildman–Crippen LogP) is 4.59. The Balaban J connectivity index is 1.94. The van der Waals surface area contributed by atoms with E-state index in [0.717, 1.165) is 11.1 Å². The highest BCUT2D eigenvalue weighted by Crippen LogP contribution is 2.36. The fourth-order valence-electron chi connectivity index (χ4n) is 3.54. The molecule has 3 rings (SSSR count). The van der Waals surface area contributed by atoms with E-state index in [4.69, 9.17) is 18.0 Å². The maximum absolute atomic E-state index is 14.0. The molecule has 8 heteroatoms. The van der Waals surface area contributed by atoms with E-state index in [2.05, 4.69) is 10.6 Å². The Labute approximate surface area is 190 Å². The van der Waals surface area contributed by atoms with Crippen molar-refractivity contribution in [2.75, 3.05) is 5.32 Å². The van der Waals surface area contributed by atoms with Crippen LogP contribution in [0.3, 0.4) is 0 Å². The standard InChI is InChI=1S/C24H22FN3O3S/c1-13(15-11-12-18(21(29)14(15)2)23(32)28-24(26)31)16-7-4-6-10-20(16)27-22(30)17-8-3-5-9-19(17)25/h3-13,29H,1-2H3,(H,27,30)(H3,26,28,31,32). The van der Waals surface area contributed by atoms with Crippen LogP contribution in [0.25, 0.3) is 0 Å². The average molecular weight is 452 g/mol. The number of primary amides is 1. The SMILES string of the molecule is Cc1c(C(C)c2ccccc2NC(=O)c2ccccc2F)ccc(C(=S)NC(N)=O)c1O. The van der Waals surface area contributed by atoms with Crippen LogP contribution < -0.4 is 16.4 Å².